The molecule has 2 rings (SSSR count). The average molecular weight is 294 g/mol. The molecule has 0 bridgehead atoms. The fraction of sp³-hybridized carbons (Fsp3) is 0.733. The summed E-state index contributed by atoms with van der Waals surface area (Å²) >= 11 is 0. The van der Waals surface area contributed by atoms with Crippen LogP contribution in [0.2, 0.25) is 0 Å². The Labute approximate surface area is 126 Å². The first-order chi connectivity index (χ1) is 10.2. The molecule has 1 saturated carbocycles. The molecule has 0 atom stereocenters. The van der Waals surface area contributed by atoms with Gasteiger partial charge < -0.3 is 20.9 Å². The normalized spacial score (nSPS) is 17.4. The number of nitrogens with one attached hydrogen (secondary N) is 1. The highest BCUT2D eigenvalue weighted by Gasteiger charge is 2.31. The summed E-state index contributed by atoms with van der Waals surface area (Å²) in [6.45, 7) is 3.49. The summed E-state index contributed by atoms with van der Waals surface area (Å²) in [6.07, 6.45) is 8.04. The minimum absolute atomic E-state index is 0.0555. The van der Waals surface area contributed by atoms with Gasteiger partial charge in [0.25, 0.3) is 0 Å². The number of aliphatic hydroxyl groups is 1. The predicted octanol–water partition coefficient (Wildman–Crippen LogP) is 2.20. The van der Waals surface area contributed by atoms with Crippen molar-refractivity contribution in [3.05, 3.63) is 6.33 Å². The second kappa shape index (κ2) is 7.45. The van der Waals surface area contributed by atoms with Gasteiger partial charge in [0.1, 0.15) is 12.0 Å². The number of anilines is 2. The van der Waals surface area contributed by atoms with Gasteiger partial charge in [-0.1, -0.05) is 26.2 Å². The average Bonchev–Trinajstić information content (AvgIpc) is 2.53. The van der Waals surface area contributed by atoms with E-state index >= 15 is 0 Å². The number of hydrogen-bond acceptors (Lipinski definition) is 6. The van der Waals surface area contributed by atoms with E-state index in [2.05, 4.69) is 15.3 Å². The van der Waals surface area contributed by atoms with Crippen molar-refractivity contribution >= 4 is 11.5 Å². The molecule has 1 heterocycles. The molecule has 4 N–H and O–H groups in total. The number of nitrogens with zero attached hydrogens (tertiary/aromatic N) is 2. The minimum Gasteiger partial charge on any atom is -0.476 e. The number of rotatable bonds is 7. The number of nitrogen functional groups attached to an aromatic ring is 1. The maximum Gasteiger partial charge on any atom is 0.242 e. The Hall–Kier alpha value is -1.56. The molecule has 0 radical (unpaired) electrons. The van der Waals surface area contributed by atoms with E-state index in [9.17, 15) is 5.11 Å². The van der Waals surface area contributed by atoms with Gasteiger partial charge in [0.15, 0.2) is 5.82 Å². The molecule has 1 aliphatic carbocycles. The van der Waals surface area contributed by atoms with E-state index in [1.165, 1.54) is 25.6 Å². The molecule has 1 aromatic heterocycles. The minimum atomic E-state index is -0.0555. The van der Waals surface area contributed by atoms with E-state index < -0.39 is 0 Å². The lowest BCUT2D eigenvalue weighted by molar-refractivity contribution is 0.0943. The van der Waals surface area contributed by atoms with Gasteiger partial charge in [0.2, 0.25) is 5.88 Å². The van der Waals surface area contributed by atoms with Crippen LogP contribution in [0.1, 0.15) is 45.4 Å². The van der Waals surface area contributed by atoms with E-state index in [1.807, 2.05) is 6.92 Å². The van der Waals surface area contributed by atoms with Crippen LogP contribution in [0.15, 0.2) is 6.33 Å². The number of hydrogen-bond donors (Lipinski definition) is 3. The smallest absolute Gasteiger partial charge is 0.242 e. The van der Waals surface area contributed by atoms with Crippen LogP contribution in [0.5, 0.6) is 5.88 Å². The fourth-order valence-electron chi connectivity index (χ4n) is 2.80. The molecule has 6 nitrogen and oxygen atoms in total. The molecule has 0 amide bonds. The van der Waals surface area contributed by atoms with E-state index in [4.69, 9.17) is 10.5 Å². The lowest BCUT2D eigenvalue weighted by atomic mass is 9.74. The van der Waals surface area contributed by atoms with E-state index in [0.29, 0.717) is 30.5 Å². The standard InChI is InChI=1S/C15H26N4O2/c1-2-8-21-14-12(16)13(18-11-19-14)17-9-15(10-20)6-4-3-5-7-15/h11,20H,2-10,16H2,1H3,(H,17,18,19). The molecular weight excluding hydrogens is 268 g/mol. The summed E-state index contributed by atoms with van der Waals surface area (Å²) in [4.78, 5) is 8.25. The summed E-state index contributed by atoms with van der Waals surface area (Å²) in [6, 6.07) is 0. The van der Waals surface area contributed by atoms with Crippen molar-refractivity contribution in [3.8, 4) is 5.88 Å². The molecule has 0 aromatic carbocycles. The molecule has 21 heavy (non-hydrogen) atoms. The van der Waals surface area contributed by atoms with Crippen LogP contribution in [-0.4, -0.2) is 34.8 Å². The Kier molecular flexibility index (Phi) is 5.61. The number of aliphatic hydroxyl groups excluding tert-OH is 1. The highest BCUT2D eigenvalue weighted by molar-refractivity contribution is 5.66. The van der Waals surface area contributed by atoms with Crippen LogP contribution in [0.25, 0.3) is 0 Å². The van der Waals surface area contributed by atoms with Gasteiger partial charge in [0.05, 0.1) is 13.2 Å². The molecular formula is C15H26N4O2. The molecule has 1 aromatic rings. The second-order valence-electron chi connectivity index (χ2n) is 5.86. The molecule has 0 unspecified atom stereocenters. The highest BCUT2D eigenvalue weighted by atomic mass is 16.5. The number of nitrogens with two attached hydrogens (primary N) is 1. The van der Waals surface area contributed by atoms with Gasteiger partial charge in [0, 0.05) is 12.0 Å². The van der Waals surface area contributed by atoms with E-state index in [0.717, 1.165) is 19.3 Å². The maximum absolute atomic E-state index is 9.73. The zero-order chi connectivity index (χ0) is 15.1. The van der Waals surface area contributed by atoms with Crippen LogP contribution in [-0.2, 0) is 0 Å². The highest BCUT2D eigenvalue weighted by Crippen LogP contribution is 2.36. The molecule has 0 aliphatic heterocycles. The first-order valence-electron chi connectivity index (χ1n) is 7.79. The summed E-state index contributed by atoms with van der Waals surface area (Å²) in [5, 5.41) is 13.0. The van der Waals surface area contributed by atoms with Crippen molar-refractivity contribution in [2.24, 2.45) is 5.41 Å². The third kappa shape index (κ3) is 3.97. The maximum atomic E-state index is 9.73. The lowest BCUT2D eigenvalue weighted by Gasteiger charge is -2.35. The topological polar surface area (TPSA) is 93.3 Å². The predicted molar refractivity (Wildman–Crippen MR) is 83.3 cm³/mol. The van der Waals surface area contributed by atoms with E-state index in [1.54, 1.807) is 0 Å². The first-order valence-corrected chi connectivity index (χ1v) is 7.79. The molecule has 1 aliphatic rings. The molecule has 0 saturated heterocycles. The summed E-state index contributed by atoms with van der Waals surface area (Å²) in [5.74, 6) is 1.02. The Bertz CT molecular complexity index is 447. The molecule has 0 spiro atoms. The molecule has 6 heteroatoms. The Balaban J connectivity index is 2.02. The second-order valence-corrected chi connectivity index (χ2v) is 5.86. The Morgan fingerprint density at radius 1 is 1.33 bits per heavy atom. The van der Waals surface area contributed by atoms with Crippen molar-refractivity contribution in [3.63, 3.8) is 0 Å². The largest absolute Gasteiger partial charge is 0.476 e. The van der Waals surface area contributed by atoms with Crippen LogP contribution < -0.4 is 15.8 Å². The van der Waals surface area contributed by atoms with Crippen molar-refractivity contribution in [1.29, 1.82) is 0 Å². The molecule has 1 fully saturated rings. The zero-order valence-corrected chi connectivity index (χ0v) is 12.8. The van der Waals surface area contributed by atoms with Crippen molar-refractivity contribution in [1.82, 2.24) is 9.97 Å². The fourth-order valence-corrected chi connectivity index (χ4v) is 2.80. The number of aromatic nitrogens is 2. The van der Waals surface area contributed by atoms with Gasteiger partial charge in [-0.15, -0.1) is 0 Å². The van der Waals surface area contributed by atoms with Gasteiger partial charge in [-0.3, -0.25) is 0 Å². The SMILES string of the molecule is CCCOc1ncnc(NCC2(CO)CCCCC2)c1N. The van der Waals surface area contributed by atoms with E-state index in [-0.39, 0.29) is 12.0 Å². The van der Waals surface area contributed by atoms with Gasteiger partial charge in [-0.2, -0.15) is 4.98 Å². The Morgan fingerprint density at radius 3 is 2.76 bits per heavy atom. The lowest BCUT2D eigenvalue weighted by Crippen LogP contribution is -2.35. The Morgan fingerprint density at radius 2 is 2.10 bits per heavy atom. The summed E-state index contributed by atoms with van der Waals surface area (Å²) in [7, 11) is 0. The third-order valence-electron chi connectivity index (χ3n) is 4.17. The quantitative estimate of drug-likeness (QED) is 0.714. The summed E-state index contributed by atoms with van der Waals surface area (Å²) in [5.41, 5.74) is 6.43. The van der Waals surface area contributed by atoms with Crippen LogP contribution >= 0.6 is 0 Å². The van der Waals surface area contributed by atoms with Crippen LogP contribution in [0.3, 0.4) is 0 Å². The van der Waals surface area contributed by atoms with Crippen LogP contribution in [0, 0.1) is 5.41 Å². The molecule has 118 valence electrons. The first kappa shape index (κ1) is 15.8. The summed E-state index contributed by atoms with van der Waals surface area (Å²) < 4.78 is 5.50. The van der Waals surface area contributed by atoms with Crippen molar-refractivity contribution in [2.45, 2.75) is 45.4 Å². The third-order valence-corrected chi connectivity index (χ3v) is 4.17. The van der Waals surface area contributed by atoms with Crippen molar-refractivity contribution in [2.75, 3.05) is 30.8 Å². The van der Waals surface area contributed by atoms with Gasteiger partial charge >= 0.3 is 0 Å². The van der Waals surface area contributed by atoms with Crippen LogP contribution in [0.4, 0.5) is 11.5 Å². The monoisotopic (exact) mass is 294 g/mol. The van der Waals surface area contributed by atoms with Gasteiger partial charge in [-0.25, -0.2) is 4.98 Å². The number of ether oxygens (including phenoxy) is 1. The van der Waals surface area contributed by atoms with Gasteiger partial charge in [-0.05, 0) is 19.3 Å². The van der Waals surface area contributed by atoms with Crippen molar-refractivity contribution < 1.29 is 9.84 Å². The zero-order valence-electron chi connectivity index (χ0n) is 12.8.